The van der Waals surface area contributed by atoms with Crippen LogP contribution in [-0.2, 0) is 12.7 Å². The molecule has 0 aromatic carbocycles. The molecule has 0 amide bonds. The summed E-state index contributed by atoms with van der Waals surface area (Å²) in [7, 11) is 0. The highest BCUT2D eigenvalue weighted by Crippen LogP contribution is 2.30. The third kappa shape index (κ3) is 4.89. The average Bonchev–Trinajstić information content (AvgIpc) is 3.14. The molecular weight excluding hydrogens is 435 g/mol. The molecule has 2 atom stereocenters. The van der Waals surface area contributed by atoms with Crippen molar-refractivity contribution in [3.63, 3.8) is 0 Å². The molecule has 1 aliphatic rings. The summed E-state index contributed by atoms with van der Waals surface area (Å²) in [6.45, 7) is 2.36. The number of alkyl halides is 5. The minimum atomic E-state index is -4.49. The van der Waals surface area contributed by atoms with Gasteiger partial charge in [-0.15, -0.1) is 0 Å². The van der Waals surface area contributed by atoms with Crippen LogP contribution in [0.2, 0.25) is 0 Å². The first-order chi connectivity index (χ1) is 15.2. The van der Waals surface area contributed by atoms with Crippen molar-refractivity contribution in [3.05, 3.63) is 36.4 Å². The molecule has 0 bridgehead atoms. The van der Waals surface area contributed by atoms with Gasteiger partial charge in [0.25, 0.3) is 6.43 Å². The molecule has 1 aliphatic heterocycles. The lowest BCUT2D eigenvalue weighted by Gasteiger charge is -2.38. The summed E-state index contributed by atoms with van der Waals surface area (Å²) < 4.78 is 70.3. The lowest BCUT2D eigenvalue weighted by Crippen LogP contribution is -2.44. The summed E-state index contributed by atoms with van der Waals surface area (Å²) in [5, 5.41) is 3.94. The van der Waals surface area contributed by atoms with Gasteiger partial charge in [-0.1, -0.05) is 0 Å². The van der Waals surface area contributed by atoms with Crippen molar-refractivity contribution in [2.24, 2.45) is 5.92 Å². The molecule has 12 heteroatoms. The Hall–Kier alpha value is -3.05. The van der Waals surface area contributed by atoms with Crippen molar-refractivity contribution >= 4 is 17.0 Å². The Labute approximate surface area is 180 Å². The maximum Gasteiger partial charge on any atom is 0.433 e. The molecule has 32 heavy (non-hydrogen) atoms. The Morgan fingerprint density at radius 1 is 1.12 bits per heavy atom. The molecule has 0 spiro atoms. The highest BCUT2D eigenvalue weighted by molar-refractivity contribution is 5.71. The van der Waals surface area contributed by atoms with E-state index in [1.165, 1.54) is 12.3 Å². The molecule has 0 N–H and O–H groups in total. The van der Waals surface area contributed by atoms with E-state index in [0.29, 0.717) is 30.1 Å². The van der Waals surface area contributed by atoms with Gasteiger partial charge in [0.05, 0.1) is 25.2 Å². The van der Waals surface area contributed by atoms with Gasteiger partial charge >= 0.3 is 6.18 Å². The Kier molecular flexibility index (Phi) is 6.11. The highest BCUT2D eigenvalue weighted by Gasteiger charge is 2.32. The van der Waals surface area contributed by atoms with Crippen LogP contribution in [0.5, 0.6) is 5.75 Å². The number of ether oxygens (including phenoxy) is 1. The van der Waals surface area contributed by atoms with Crippen LogP contribution in [0.15, 0.2) is 30.7 Å². The summed E-state index contributed by atoms with van der Waals surface area (Å²) in [4.78, 5) is 14.3. The van der Waals surface area contributed by atoms with Gasteiger partial charge < -0.3 is 9.64 Å². The summed E-state index contributed by atoms with van der Waals surface area (Å²) in [5.74, 6) is 0.916. The van der Waals surface area contributed by atoms with Gasteiger partial charge in [-0.3, -0.25) is 0 Å². The zero-order valence-corrected chi connectivity index (χ0v) is 17.1. The third-order valence-corrected chi connectivity index (χ3v) is 5.43. The van der Waals surface area contributed by atoms with Gasteiger partial charge in [0.2, 0.25) is 0 Å². The van der Waals surface area contributed by atoms with Crippen LogP contribution in [0.4, 0.5) is 27.8 Å². The minimum Gasteiger partial charge on any atom is -0.492 e. The lowest BCUT2D eigenvalue weighted by molar-refractivity contribution is -0.141. The second kappa shape index (κ2) is 8.83. The molecule has 3 aromatic rings. The normalized spacial score (nSPS) is 19.7. The van der Waals surface area contributed by atoms with Crippen molar-refractivity contribution < 1.29 is 26.7 Å². The van der Waals surface area contributed by atoms with Gasteiger partial charge in [-0.25, -0.2) is 28.4 Å². The highest BCUT2D eigenvalue weighted by atomic mass is 19.4. The largest absolute Gasteiger partial charge is 0.492 e. The van der Waals surface area contributed by atoms with Crippen LogP contribution in [0.1, 0.15) is 25.5 Å². The SMILES string of the molecule is C[C@@H]1CC[C@H](COc2ccc(C(F)(F)F)nc2)CN1c1cnc2cnn(CC(F)F)c2n1. The van der Waals surface area contributed by atoms with E-state index in [1.807, 2.05) is 11.8 Å². The van der Waals surface area contributed by atoms with E-state index in [1.54, 1.807) is 6.20 Å². The number of anilines is 1. The number of aromatic nitrogens is 5. The van der Waals surface area contributed by atoms with E-state index in [2.05, 4.69) is 20.1 Å². The number of nitrogens with zero attached hydrogens (tertiary/aromatic N) is 6. The van der Waals surface area contributed by atoms with E-state index in [9.17, 15) is 22.0 Å². The van der Waals surface area contributed by atoms with E-state index in [-0.39, 0.29) is 17.7 Å². The fraction of sp³-hybridized carbons (Fsp3) is 0.500. The number of fused-ring (bicyclic) bond motifs is 1. The quantitative estimate of drug-likeness (QED) is 0.518. The maximum atomic E-state index is 12.8. The third-order valence-electron chi connectivity index (χ3n) is 5.43. The number of rotatable bonds is 6. The molecule has 172 valence electrons. The molecule has 1 fully saturated rings. The maximum absolute atomic E-state index is 12.8. The number of piperidine rings is 1. The van der Waals surface area contributed by atoms with Crippen molar-refractivity contribution in [1.29, 1.82) is 0 Å². The van der Waals surface area contributed by atoms with Crippen molar-refractivity contribution in [2.75, 3.05) is 18.1 Å². The molecule has 0 aliphatic carbocycles. The first-order valence-electron chi connectivity index (χ1n) is 10.1. The van der Waals surface area contributed by atoms with Gasteiger partial charge in [0.15, 0.2) is 5.65 Å². The monoisotopic (exact) mass is 456 g/mol. The van der Waals surface area contributed by atoms with E-state index >= 15 is 0 Å². The van der Waals surface area contributed by atoms with Gasteiger partial charge in [-0.2, -0.15) is 18.3 Å². The topological polar surface area (TPSA) is 69.0 Å². The predicted octanol–water partition coefficient (Wildman–Crippen LogP) is 4.19. The number of hydrogen-bond donors (Lipinski definition) is 0. The molecule has 4 heterocycles. The summed E-state index contributed by atoms with van der Waals surface area (Å²) >= 11 is 0. The summed E-state index contributed by atoms with van der Waals surface area (Å²) in [6.07, 6.45) is -1.28. The summed E-state index contributed by atoms with van der Waals surface area (Å²) in [5.41, 5.74) is -0.236. The second-order valence-electron chi connectivity index (χ2n) is 7.79. The van der Waals surface area contributed by atoms with E-state index in [4.69, 9.17) is 4.74 Å². The van der Waals surface area contributed by atoms with Gasteiger partial charge in [-0.05, 0) is 31.9 Å². The van der Waals surface area contributed by atoms with Crippen LogP contribution < -0.4 is 9.64 Å². The van der Waals surface area contributed by atoms with Crippen molar-refractivity contribution in [2.45, 2.75) is 45.0 Å². The Bertz CT molecular complexity index is 1050. The van der Waals surface area contributed by atoms with Crippen LogP contribution >= 0.6 is 0 Å². The number of hydrogen-bond acceptors (Lipinski definition) is 6. The predicted molar refractivity (Wildman–Crippen MR) is 106 cm³/mol. The fourth-order valence-electron chi connectivity index (χ4n) is 3.73. The van der Waals surface area contributed by atoms with Crippen LogP contribution in [0, 0.1) is 5.92 Å². The number of pyridine rings is 1. The second-order valence-corrected chi connectivity index (χ2v) is 7.79. The Balaban J connectivity index is 1.44. The zero-order valence-electron chi connectivity index (χ0n) is 17.1. The average molecular weight is 456 g/mol. The van der Waals surface area contributed by atoms with Crippen LogP contribution in [-0.4, -0.2) is 50.4 Å². The molecule has 4 rings (SSSR count). The molecule has 0 saturated carbocycles. The minimum absolute atomic E-state index is 0.0944. The first-order valence-corrected chi connectivity index (χ1v) is 10.1. The number of halogens is 5. The van der Waals surface area contributed by atoms with Crippen molar-refractivity contribution in [3.8, 4) is 5.75 Å². The van der Waals surface area contributed by atoms with Gasteiger partial charge in [0, 0.05) is 18.5 Å². The fourth-order valence-corrected chi connectivity index (χ4v) is 3.73. The molecular formula is C20H21F5N6O. The molecule has 3 aromatic heterocycles. The van der Waals surface area contributed by atoms with Crippen LogP contribution in [0.25, 0.3) is 11.2 Å². The van der Waals surface area contributed by atoms with Crippen molar-refractivity contribution in [1.82, 2.24) is 24.7 Å². The molecule has 0 unspecified atom stereocenters. The molecule has 7 nitrogen and oxygen atoms in total. The molecule has 1 saturated heterocycles. The van der Waals surface area contributed by atoms with E-state index in [0.717, 1.165) is 29.8 Å². The smallest absolute Gasteiger partial charge is 0.433 e. The summed E-state index contributed by atoms with van der Waals surface area (Å²) in [6, 6.07) is 2.29. The van der Waals surface area contributed by atoms with Gasteiger partial charge in [0.1, 0.15) is 29.3 Å². The van der Waals surface area contributed by atoms with Crippen LogP contribution in [0.3, 0.4) is 0 Å². The standard InChI is InChI=1S/C20H21F5N6O/c1-12-2-3-13(11-32-14-4-5-16(27-6-14)20(23,24)25)9-30(12)18-8-26-15-7-28-31(10-17(21)22)19(15)29-18/h4-8,12-13,17H,2-3,9-11H2,1H3/t12-,13+/m1/s1. The molecule has 0 radical (unpaired) electrons. The van der Waals surface area contributed by atoms with E-state index < -0.39 is 24.8 Å². The Morgan fingerprint density at radius 3 is 2.62 bits per heavy atom. The zero-order chi connectivity index (χ0) is 22.9. The lowest BCUT2D eigenvalue weighted by atomic mass is 9.94. The first kappa shape index (κ1) is 22.2. The Morgan fingerprint density at radius 2 is 1.94 bits per heavy atom.